The largest absolute Gasteiger partial charge is 0.314 e. The van der Waals surface area contributed by atoms with Gasteiger partial charge in [0.2, 0.25) is 0 Å². The smallest absolute Gasteiger partial charge is 0.160 e. The van der Waals surface area contributed by atoms with Crippen LogP contribution in [0.5, 0.6) is 0 Å². The zero-order chi connectivity index (χ0) is 15.6. The number of hydrogen-bond acceptors (Lipinski definition) is 4. The Labute approximate surface area is 138 Å². The predicted octanol–water partition coefficient (Wildman–Crippen LogP) is 2.38. The van der Waals surface area contributed by atoms with Gasteiger partial charge in [-0.2, -0.15) is 0 Å². The van der Waals surface area contributed by atoms with Crippen molar-refractivity contribution in [3.63, 3.8) is 0 Å². The Kier molecular flexibility index (Phi) is 4.31. The van der Waals surface area contributed by atoms with Crippen LogP contribution in [-0.4, -0.2) is 51.7 Å². The molecular weight excluding hydrogens is 286 g/mol. The van der Waals surface area contributed by atoms with E-state index in [1.807, 2.05) is 12.3 Å². The van der Waals surface area contributed by atoms with Crippen LogP contribution in [0.25, 0.3) is 11.2 Å². The molecular formula is C18H27N5. The molecule has 4 rings (SSSR count). The quantitative estimate of drug-likeness (QED) is 0.941. The molecule has 4 heterocycles. The molecule has 2 fully saturated rings. The minimum Gasteiger partial charge on any atom is -0.314 e. The SMILES string of the molecule is CCN1CCC(n2c(CC3CCCN3)nc3cccnc32)CC1. The molecule has 0 aliphatic carbocycles. The van der Waals surface area contributed by atoms with Crippen molar-refractivity contribution in [1.29, 1.82) is 0 Å². The van der Waals surface area contributed by atoms with Crippen molar-refractivity contribution in [2.75, 3.05) is 26.2 Å². The van der Waals surface area contributed by atoms with Crippen LogP contribution in [0.15, 0.2) is 18.3 Å². The number of hydrogen-bond donors (Lipinski definition) is 1. The number of nitrogens with zero attached hydrogens (tertiary/aromatic N) is 4. The summed E-state index contributed by atoms with van der Waals surface area (Å²) in [6.07, 6.45) is 7.91. The summed E-state index contributed by atoms with van der Waals surface area (Å²) in [6.45, 7) is 6.95. The minimum atomic E-state index is 0.550. The van der Waals surface area contributed by atoms with E-state index in [0.717, 1.165) is 30.7 Å². The molecule has 1 N–H and O–H groups in total. The molecule has 0 bridgehead atoms. The maximum absolute atomic E-state index is 4.94. The van der Waals surface area contributed by atoms with Crippen LogP contribution in [0.4, 0.5) is 0 Å². The van der Waals surface area contributed by atoms with E-state index >= 15 is 0 Å². The summed E-state index contributed by atoms with van der Waals surface area (Å²) < 4.78 is 2.46. The molecule has 1 atom stereocenters. The lowest BCUT2D eigenvalue weighted by Crippen LogP contribution is -2.35. The van der Waals surface area contributed by atoms with Gasteiger partial charge in [-0.05, 0) is 50.9 Å². The molecule has 2 aliphatic heterocycles. The Morgan fingerprint density at radius 1 is 1.26 bits per heavy atom. The summed E-state index contributed by atoms with van der Waals surface area (Å²) in [5.41, 5.74) is 2.13. The van der Waals surface area contributed by atoms with Crippen molar-refractivity contribution in [2.45, 2.75) is 51.1 Å². The lowest BCUT2D eigenvalue weighted by atomic mass is 10.0. The summed E-state index contributed by atoms with van der Waals surface area (Å²) in [7, 11) is 0. The van der Waals surface area contributed by atoms with Gasteiger partial charge in [-0.25, -0.2) is 9.97 Å². The van der Waals surface area contributed by atoms with Crippen LogP contribution in [0, 0.1) is 0 Å². The minimum absolute atomic E-state index is 0.550. The van der Waals surface area contributed by atoms with Crippen molar-refractivity contribution in [1.82, 2.24) is 24.8 Å². The third-order valence-electron chi connectivity index (χ3n) is 5.48. The first-order chi connectivity index (χ1) is 11.3. The van der Waals surface area contributed by atoms with Gasteiger partial charge in [0.05, 0.1) is 0 Å². The van der Waals surface area contributed by atoms with Gasteiger partial charge >= 0.3 is 0 Å². The monoisotopic (exact) mass is 313 g/mol. The van der Waals surface area contributed by atoms with E-state index in [0.29, 0.717) is 12.1 Å². The number of fused-ring (bicyclic) bond motifs is 1. The van der Waals surface area contributed by atoms with E-state index in [9.17, 15) is 0 Å². The molecule has 2 saturated heterocycles. The molecule has 1 unspecified atom stereocenters. The van der Waals surface area contributed by atoms with E-state index in [4.69, 9.17) is 4.98 Å². The molecule has 2 aliphatic rings. The van der Waals surface area contributed by atoms with Gasteiger partial charge in [0, 0.05) is 37.8 Å². The molecule has 2 aromatic rings. The highest BCUT2D eigenvalue weighted by molar-refractivity contribution is 5.71. The zero-order valence-electron chi connectivity index (χ0n) is 14.0. The number of nitrogens with one attached hydrogen (secondary N) is 1. The van der Waals surface area contributed by atoms with Gasteiger partial charge in [0.1, 0.15) is 11.3 Å². The van der Waals surface area contributed by atoms with Gasteiger partial charge < -0.3 is 14.8 Å². The van der Waals surface area contributed by atoms with Gasteiger partial charge in [0.25, 0.3) is 0 Å². The van der Waals surface area contributed by atoms with Crippen molar-refractivity contribution >= 4 is 11.2 Å². The molecule has 5 nitrogen and oxygen atoms in total. The average Bonchev–Trinajstić information content (AvgIpc) is 3.22. The Bertz CT molecular complexity index is 650. The Morgan fingerprint density at radius 2 is 2.13 bits per heavy atom. The topological polar surface area (TPSA) is 46.0 Å². The van der Waals surface area contributed by atoms with E-state index in [-0.39, 0.29) is 0 Å². The summed E-state index contributed by atoms with van der Waals surface area (Å²) >= 11 is 0. The highest BCUT2D eigenvalue weighted by atomic mass is 15.2. The van der Waals surface area contributed by atoms with Crippen molar-refractivity contribution in [2.24, 2.45) is 0 Å². The number of likely N-dealkylation sites (tertiary alicyclic amines) is 1. The third kappa shape index (κ3) is 3.00. The Morgan fingerprint density at radius 3 is 2.87 bits per heavy atom. The lowest BCUT2D eigenvalue weighted by molar-refractivity contribution is 0.194. The first-order valence-corrected chi connectivity index (χ1v) is 9.12. The second kappa shape index (κ2) is 6.57. The summed E-state index contributed by atoms with van der Waals surface area (Å²) in [6, 6.07) is 5.23. The summed E-state index contributed by atoms with van der Waals surface area (Å²) in [5, 5.41) is 3.61. The molecule has 2 aromatic heterocycles. The molecule has 5 heteroatoms. The van der Waals surface area contributed by atoms with Crippen molar-refractivity contribution in [3.05, 3.63) is 24.2 Å². The van der Waals surface area contributed by atoms with Gasteiger partial charge in [0.15, 0.2) is 5.65 Å². The standard InChI is InChI=1S/C18H27N5/c1-2-22-11-7-15(8-12-22)23-17(13-14-5-3-9-19-14)21-16-6-4-10-20-18(16)23/h4,6,10,14-15,19H,2-3,5,7-9,11-13H2,1H3. The van der Waals surface area contributed by atoms with Crippen LogP contribution in [0.3, 0.4) is 0 Å². The summed E-state index contributed by atoms with van der Waals surface area (Å²) in [4.78, 5) is 12.1. The number of aromatic nitrogens is 3. The van der Waals surface area contributed by atoms with Crippen LogP contribution < -0.4 is 5.32 Å². The van der Waals surface area contributed by atoms with Crippen LogP contribution in [0.2, 0.25) is 0 Å². The number of rotatable bonds is 4. The lowest BCUT2D eigenvalue weighted by Gasteiger charge is -2.32. The molecule has 0 aromatic carbocycles. The molecule has 124 valence electrons. The molecule has 23 heavy (non-hydrogen) atoms. The fourth-order valence-electron chi connectivity index (χ4n) is 4.15. The molecule has 0 saturated carbocycles. The first-order valence-electron chi connectivity index (χ1n) is 9.12. The Balaban J connectivity index is 1.65. The highest BCUT2D eigenvalue weighted by Crippen LogP contribution is 2.29. The second-order valence-corrected chi connectivity index (χ2v) is 6.91. The zero-order valence-corrected chi connectivity index (χ0v) is 14.0. The highest BCUT2D eigenvalue weighted by Gasteiger charge is 2.26. The van der Waals surface area contributed by atoms with E-state index < -0.39 is 0 Å². The van der Waals surface area contributed by atoms with Gasteiger partial charge in [-0.3, -0.25) is 0 Å². The van der Waals surface area contributed by atoms with Crippen molar-refractivity contribution in [3.8, 4) is 0 Å². The van der Waals surface area contributed by atoms with Gasteiger partial charge in [-0.1, -0.05) is 6.92 Å². The normalized spacial score (nSPS) is 23.8. The fraction of sp³-hybridized carbons (Fsp3) is 0.667. The van der Waals surface area contributed by atoms with Crippen LogP contribution in [0.1, 0.15) is 44.5 Å². The first kappa shape index (κ1) is 15.1. The van der Waals surface area contributed by atoms with E-state index in [2.05, 4.69) is 32.8 Å². The van der Waals surface area contributed by atoms with Gasteiger partial charge in [-0.15, -0.1) is 0 Å². The third-order valence-corrected chi connectivity index (χ3v) is 5.48. The molecule has 0 amide bonds. The Hall–Kier alpha value is -1.46. The van der Waals surface area contributed by atoms with Crippen molar-refractivity contribution < 1.29 is 0 Å². The maximum atomic E-state index is 4.94. The molecule has 0 radical (unpaired) electrons. The second-order valence-electron chi connectivity index (χ2n) is 6.91. The fourth-order valence-corrected chi connectivity index (χ4v) is 4.15. The average molecular weight is 313 g/mol. The number of piperidine rings is 1. The van der Waals surface area contributed by atoms with E-state index in [1.54, 1.807) is 0 Å². The van der Waals surface area contributed by atoms with E-state index in [1.165, 1.54) is 44.6 Å². The summed E-state index contributed by atoms with van der Waals surface area (Å²) in [5.74, 6) is 1.23. The number of imidazole rings is 1. The number of pyridine rings is 1. The molecule has 0 spiro atoms. The predicted molar refractivity (Wildman–Crippen MR) is 92.6 cm³/mol. The maximum Gasteiger partial charge on any atom is 0.160 e. The van der Waals surface area contributed by atoms with Crippen LogP contribution >= 0.6 is 0 Å². The van der Waals surface area contributed by atoms with Crippen LogP contribution in [-0.2, 0) is 6.42 Å².